The number of hydrogen-bond donors (Lipinski definition) is 1. The van der Waals surface area contributed by atoms with E-state index in [-0.39, 0.29) is 6.04 Å². The largest absolute Gasteiger partial charge is 0.376 e. The van der Waals surface area contributed by atoms with E-state index in [9.17, 15) is 0 Å². The quantitative estimate of drug-likeness (QED) is 0.823. The van der Waals surface area contributed by atoms with Crippen LogP contribution in [0.2, 0.25) is 0 Å². The van der Waals surface area contributed by atoms with Gasteiger partial charge in [0.15, 0.2) is 0 Å². The Labute approximate surface area is 111 Å². The van der Waals surface area contributed by atoms with Crippen molar-refractivity contribution in [2.75, 3.05) is 6.61 Å². The van der Waals surface area contributed by atoms with Crippen molar-refractivity contribution in [3.05, 3.63) is 35.4 Å². The van der Waals surface area contributed by atoms with E-state index >= 15 is 0 Å². The van der Waals surface area contributed by atoms with Gasteiger partial charge in [-0.15, -0.1) is 0 Å². The van der Waals surface area contributed by atoms with Crippen molar-refractivity contribution in [1.82, 2.24) is 0 Å². The molecule has 2 rings (SSSR count). The van der Waals surface area contributed by atoms with Gasteiger partial charge in [0.1, 0.15) is 0 Å². The highest BCUT2D eigenvalue weighted by Gasteiger charge is 2.14. The maximum Gasteiger partial charge on any atom is 0.0663 e. The summed E-state index contributed by atoms with van der Waals surface area (Å²) in [6.45, 7) is 2.75. The number of ether oxygens (including phenoxy) is 1. The Hall–Kier alpha value is -0.860. The monoisotopic (exact) mass is 247 g/mol. The molecule has 1 saturated carbocycles. The summed E-state index contributed by atoms with van der Waals surface area (Å²) in [6, 6.07) is 8.42. The first kappa shape index (κ1) is 13.6. The summed E-state index contributed by atoms with van der Waals surface area (Å²) in [7, 11) is 0. The van der Waals surface area contributed by atoms with Crippen molar-refractivity contribution >= 4 is 0 Å². The summed E-state index contributed by atoms with van der Waals surface area (Å²) in [5.41, 5.74) is 8.64. The topological polar surface area (TPSA) is 35.2 Å². The number of benzene rings is 1. The molecule has 100 valence electrons. The van der Waals surface area contributed by atoms with Crippen LogP contribution < -0.4 is 5.73 Å². The van der Waals surface area contributed by atoms with Crippen LogP contribution in [0, 0.1) is 6.92 Å². The zero-order chi connectivity index (χ0) is 12.8. The molecule has 2 N–H and O–H groups in total. The summed E-state index contributed by atoms with van der Waals surface area (Å²) in [5.74, 6) is 0. The lowest BCUT2D eigenvalue weighted by atomic mass is 10.1. The minimum Gasteiger partial charge on any atom is -0.376 e. The van der Waals surface area contributed by atoms with Gasteiger partial charge in [0.25, 0.3) is 0 Å². The highest BCUT2D eigenvalue weighted by molar-refractivity contribution is 5.24. The summed E-state index contributed by atoms with van der Waals surface area (Å²) in [5, 5.41) is 0. The van der Waals surface area contributed by atoms with Gasteiger partial charge >= 0.3 is 0 Å². The molecule has 0 amide bonds. The molecule has 1 aliphatic carbocycles. The summed E-state index contributed by atoms with van der Waals surface area (Å²) in [4.78, 5) is 0. The lowest BCUT2D eigenvalue weighted by Gasteiger charge is -2.19. The van der Waals surface area contributed by atoms with E-state index in [1.54, 1.807) is 0 Å². The molecule has 0 heterocycles. The van der Waals surface area contributed by atoms with Crippen molar-refractivity contribution in [3.63, 3.8) is 0 Å². The number of aryl methyl sites for hydroxylation is 1. The van der Waals surface area contributed by atoms with Gasteiger partial charge in [-0.05, 0) is 25.3 Å². The molecule has 0 spiro atoms. The Morgan fingerprint density at radius 3 is 2.61 bits per heavy atom. The van der Waals surface area contributed by atoms with Gasteiger partial charge in [0.2, 0.25) is 0 Å². The molecule has 1 aromatic carbocycles. The van der Waals surface area contributed by atoms with Crippen LogP contribution in [0.15, 0.2) is 24.3 Å². The molecule has 0 saturated heterocycles. The third-order valence-corrected chi connectivity index (χ3v) is 3.78. The van der Waals surface area contributed by atoms with E-state index in [1.807, 2.05) is 0 Å². The van der Waals surface area contributed by atoms with Crippen LogP contribution >= 0.6 is 0 Å². The first-order chi connectivity index (χ1) is 8.75. The average molecular weight is 247 g/mol. The van der Waals surface area contributed by atoms with Gasteiger partial charge in [-0.3, -0.25) is 0 Å². The fourth-order valence-electron chi connectivity index (χ4n) is 2.65. The molecular formula is C16H25NO. The Balaban J connectivity index is 1.82. The number of rotatable bonds is 4. The zero-order valence-corrected chi connectivity index (χ0v) is 11.4. The second kappa shape index (κ2) is 6.91. The lowest BCUT2D eigenvalue weighted by molar-refractivity contribution is 0.0345. The first-order valence-corrected chi connectivity index (χ1v) is 7.19. The second-order valence-corrected chi connectivity index (χ2v) is 5.47. The predicted octanol–water partition coefficient (Wildman–Crippen LogP) is 3.73. The Morgan fingerprint density at radius 2 is 1.94 bits per heavy atom. The SMILES string of the molecule is Cc1cccc(C(N)COC2CCCCCC2)c1. The van der Waals surface area contributed by atoms with Crippen molar-refractivity contribution in [1.29, 1.82) is 0 Å². The van der Waals surface area contributed by atoms with Gasteiger partial charge in [-0.2, -0.15) is 0 Å². The highest BCUT2D eigenvalue weighted by atomic mass is 16.5. The van der Waals surface area contributed by atoms with Crippen LogP contribution in [0.5, 0.6) is 0 Å². The minimum absolute atomic E-state index is 0.00755. The van der Waals surface area contributed by atoms with Gasteiger partial charge in [0.05, 0.1) is 18.8 Å². The molecule has 1 fully saturated rings. The smallest absolute Gasteiger partial charge is 0.0663 e. The summed E-state index contributed by atoms with van der Waals surface area (Å²) >= 11 is 0. The van der Waals surface area contributed by atoms with Crippen LogP contribution in [0.1, 0.15) is 55.7 Å². The summed E-state index contributed by atoms with van der Waals surface area (Å²) in [6.07, 6.45) is 8.20. The molecule has 0 radical (unpaired) electrons. The van der Waals surface area contributed by atoms with Crippen LogP contribution in [-0.2, 0) is 4.74 Å². The Bertz CT molecular complexity index is 356. The molecule has 0 aliphatic heterocycles. The first-order valence-electron chi connectivity index (χ1n) is 7.19. The maximum atomic E-state index is 6.20. The highest BCUT2D eigenvalue weighted by Crippen LogP contribution is 2.21. The van der Waals surface area contributed by atoms with Gasteiger partial charge < -0.3 is 10.5 Å². The zero-order valence-electron chi connectivity index (χ0n) is 11.4. The van der Waals surface area contributed by atoms with Crippen LogP contribution in [-0.4, -0.2) is 12.7 Å². The van der Waals surface area contributed by atoms with Gasteiger partial charge in [0, 0.05) is 0 Å². The lowest BCUT2D eigenvalue weighted by Crippen LogP contribution is -2.22. The van der Waals surface area contributed by atoms with Gasteiger partial charge in [-0.25, -0.2) is 0 Å². The molecule has 2 nitrogen and oxygen atoms in total. The van der Waals surface area contributed by atoms with Gasteiger partial charge in [-0.1, -0.05) is 55.5 Å². The molecule has 1 unspecified atom stereocenters. The molecule has 0 aromatic heterocycles. The van der Waals surface area contributed by atoms with E-state index in [1.165, 1.54) is 49.7 Å². The van der Waals surface area contributed by atoms with E-state index in [4.69, 9.17) is 10.5 Å². The third-order valence-electron chi connectivity index (χ3n) is 3.78. The van der Waals surface area contributed by atoms with Crippen LogP contribution in [0.4, 0.5) is 0 Å². The molecule has 1 atom stereocenters. The normalized spacial score (nSPS) is 19.4. The second-order valence-electron chi connectivity index (χ2n) is 5.47. The van der Waals surface area contributed by atoms with E-state index in [0.717, 1.165) is 0 Å². The van der Waals surface area contributed by atoms with Crippen molar-refractivity contribution < 1.29 is 4.74 Å². The van der Waals surface area contributed by atoms with Crippen molar-refractivity contribution in [2.24, 2.45) is 5.73 Å². The van der Waals surface area contributed by atoms with Crippen molar-refractivity contribution in [2.45, 2.75) is 57.6 Å². The predicted molar refractivity (Wildman–Crippen MR) is 75.5 cm³/mol. The van der Waals surface area contributed by atoms with Crippen LogP contribution in [0.25, 0.3) is 0 Å². The molecule has 1 aliphatic rings. The third kappa shape index (κ3) is 4.11. The molecule has 1 aromatic rings. The minimum atomic E-state index is 0.00755. The van der Waals surface area contributed by atoms with Crippen molar-refractivity contribution in [3.8, 4) is 0 Å². The van der Waals surface area contributed by atoms with Crippen LogP contribution in [0.3, 0.4) is 0 Å². The molecule has 2 heteroatoms. The van der Waals surface area contributed by atoms with E-state index in [2.05, 4.69) is 31.2 Å². The van der Waals surface area contributed by atoms with E-state index in [0.29, 0.717) is 12.7 Å². The number of hydrogen-bond acceptors (Lipinski definition) is 2. The van der Waals surface area contributed by atoms with E-state index < -0.39 is 0 Å². The maximum absolute atomic E-state index is 6.20. The molecule has 18 heavy (non-hydrogen) atoms. The fraction of sp³-hybridized carbons (Fsp3) is 0.625. The molecule has 0 bridgehead atoms. The Kier molecular flexibility index (Phi) is 5.21. The standard InChI is InChI=1S/C16H25NO/c1-13-7-6-8-14(11-13)16(17)12-18-15-9-4-2-3-5-10-15/h6-8,11,15-16H,2-5,9-10,12,17H2,1H3. The average Bonchev–Trinajstić information content (AvgIpc) is 2.64. The Morgan fingerprint density at radius 1 is 1.22 bits per heavy atom. The fourth-order valence-corrected chi connectivity index (χ4v) is 2.65. The summed E-state index contributed by atoms with van der Waals surface area (Å²) < 4.78 is 5.99. The number of nitrogens with two attached hydrogens (primary N) is 1. The molecular weight excluding hydrogens is 222 g/mol.